The number of ketones is 1. The summed E-state index contributed by atoms with van der Waals surface area (Å²) >= 11 is 0. The van der Waals surface area contributed by atoms with E-state index in [9.17, 15) is 18.0 Å². The smallest absolute Gasteiger partial charge is 0.324 e. The topological polar surface area (TPSA) is 54.9 Å². The molecule has 0 fully saturated rings. The average Bonchev–Trinajstić information content (AvgIpc) is 2.47. The van der Waals surface area contributed by atoms with Crippen molar-refractivity contribution in [2.24, 2.45) is 0 Å². The molecular weight excluding hydrogens is 295 g/mol. The van der Waals surface area contributed by atoms with Crippen LogP contribution in [0.3, 0.4) is 0 Å². The number of benzene rings is 1. The zero-order valence-corrected chi connectivity index (χ0v) is 11.4. The summed E-state index contributed by atoms with van der Waals surface area (Å²) in [6, 6.07) is 4.81. The van der Waals surface area contributed by atoms with Gasteiger partial charge in [-0.05, 0) is 31.0 Å². The van der Waals surface area contributed by atoms with Gasteiger partial charge in [-0.1, -0.05) is 6.07 Å². The predicted octanol–water partition coefficient (Wildman–Crippen LogP) is 3.76. The Morgan fingerprint density at radius 2 is 2.00 bits per heavy atom. The van der Waals surface area contributed by atoms with Crippen LogP contribution in [0.4, 0.5) is 24.8 Å². The average molecular weight is 307 g/mol. The van der Waals surface area contributed by atoms with Crippen molar-refractivity contribution in [1.29, 1.82) is 0 Å². The predicted molar refractivity (Wildman–Crippen MR) is 74.0 cm³/mol. The number of nitrogens with zero attached hydrogens (tertiary/aromatic N) is 2. The number of halogens is 3. The first kappa shape index (κ1) is 14.5. The molecule has 0 radical (unpaired) electrons. The highest BCUT2D eigenvalue weighted by Gasteiger charge is 2.30. The molecule has 0 bridgehead atoms. The van der Waals surface area contributed by atoms with E-state index < -0.39 is 11.7 Å². The van der Waals surface area contributed by atoms with Crippen LogP contribution in [-0.4, -0.2) is 15.8 Å². The van der Waals surface area contributed by atoms with Crippen molar-refractivity contribution in [1.82, 2.24) is 9.97 Å². The quantitative estimate of drug-likeness (QED) is 0.918. The van der Waals surface area contributed by atoms with Gasteiger partial charge < -0.3 is 5.32 Å². The van der Waals surface area contributed by atoms with E-state index in [1.54, 1.807) is 0 Å². The second-order valence-electron chi connectivity index (χ2n) is 5.03. The monoisotopic (exact) mass is 307 g/mol. The molecule has 0 spiro atoms. The largest absolute Gasteiger partial charge is 0.416 e. The Hall–Kier alpha value is -2.44. The maximum absolute atomic E-state index is 12.7. The molecule has 0 atom stereocenters. The van der Waals surface area contributed by atoms with Crippen molar-refractivity contribution in [3.05, 3.63) is 47.3 Å². The van der Waals surface area contributed by atoms with Gasteiger partial charge in [0.1, 0.15) is 0 Å². The number of anilines is 2. The van der Waals surface area contributed by atoms with Crippen molar-refractivity contribution in [2.75, 3.05) is 5.32 Å². The Bertz CT molecular complexity index is 728. The zero-order valence-electron chi connectivity index (χ0n) is 11.4. The molecule has 3 rings (SSSR count). The molecule has 22 heavy (non-hydrogen) atoms. The van der Waals surface area contributed by atoms with Crippen LogP contribution >= 0.6 is 0 Å². The Balaban J connectivity index is 1.86. The number of carbonyl (C=O) groups is 1. The minimum atomic E-state index is -4.40. The maximum atomic E-state index is 12.7. The molecule has 0 amide bonds. The van der Waals surface area contributed by atoms with Crippen LogP contribution in [-0.2, 0) is 12.6 Å². The first-order valence-electron chi connectivity index (χ1n) is 6.77. The second-order valence-corrected chi connectivity index (χ2v) is 5.03. The van der Waals surface area contributed by atoms with Gasteiger partial charge in [0.15, 0.2) is 5.78 Å². The number of hydrogen-bond acceptors (Lipinski definition) is 4. The molecule has 1 aliphatic carbocycles. The van der Waals surface area contributed by atoms with E-state index in [2.05, 4.69) is 15.3 Å². The molecule has 0 unspecified atom stereocenters. The molecule has 1 aromatic heterocycles. The fourth-order valence-corrected chi connectivity index (χ4v) is 2.35. The zero-order chi connectivity index (χ0) is 15.7. The van der Waals surface area contributed by atoms with Gasteiger partial charge in [-0.15, -0.1) is 0 Å². The lowest BCUT2D eigenvalue weighted by molar-refractivity contribution is -0.137. The highest BCUT2D eigenvalue weighted by atomic mass is 19.4. The number of carbonyl (C=O) groups excluding carboxylic acids is 1. The number of Topliss-reactive ketones (excluding diaryl/α,β-unsaturated/α-hetero) is 1. The van der Waals surface area contributed by atoms with Gasteiger partial charge >= 0.3 is 6.18 Å². The van der Waals surface area contributed by atoms with Crippen LogP contribution in [0, 0.1) is 0 Å². The van der Waals surface area contributed by atoms with Crippen molar-refractivity contribution in [2.45, 2.75) is 25.4 Å². The van der Waals surface area contributed by atoms with Gasteiger partial charge in [0.05, 0.1) is 16.8 Å². The summed E-state index contributed by atoms with van der Waals surface area (Å²) in [7, 11) is 0. The van der Waals surface area contributed by atoms with E-state index in [1.807, 2.05) is 0 Å². The lowest BCUT2D eigenvalue weighted by atomic mass is 9.96. The molecular formula is C15H12F3N3O. The number of nitrogens with one attached hydrogen (secondary N) is 1. The van der Waals surface area contributed by atoms with Gasteiger partial charge in [-0.2, -0.15) is 13.2 Å². The second kappa shape index (κ2) is 5.40. The van der Waals surface area contributed by atoms with Crippen molar-refractivity contribution >= 4 is 17.4 Å². The number of aryl methyl sites for hydroxylation is 1. The molecule has 1 heterocycles. The Morgan fingerprint density at radius 3 is 2.77 bits per heavy atom. The van der Waals surface area contributed by atoms with Crippen LogP contribution in [0.15, 0.2) is 30.5 Å². The normalized spacial score (nSPS) is 14.6. The van der Waals surface area contributed by atoms with Gasteiger partial charge in [0.2, 0.25) is 5.95 Å². The minimum Gasteiger partial charge on any atom is -0.324 e. The Labute approximate surface area is 124 Å². The molecule has 114 valence electrons. The number of alkyl halides is 3. The third-order valence-electron chi connectivity index (χ3n) is 3.43. The molecule has 1 aliphatic rings. The van der Waals surface area contributed by atoms with Crippen LogP contribution in [0.25, 0.3) is 0 Å². The van der Waals surface area contributed by atoms with E-state index in [1.165, 1.54) is 18.3 Å². The third-order valence-corrected chi connectivity index (χ3v) is 3.43. The third kappa shape index (κ3) is 2.93. The summed E-state index contributed by atoms with van der Waals surface area (Å²) in [5.74, 6) is 0.194. The lowest BCUT2D eigenvalue weighted by Crippen LogP contribution is -2.14. The summed E-state index contributed by atoms with van der Waals surface area (Å²) in [4.78, 5) is 19.9. The van der Waals surface area contributed by atoms with Crippen LogP contribution in [0.2, 0.25) is 0 Å². The highest BCUT2D eigenvalue weighted by Crippen LogP contribution is 2.31. The van der Waals surface area contributed by atoms with Crippen LogP contribution in [0.1, 0.15) is 34.5 Å². The van der Waals surface area contributed by atoms with Crippen molar-refractivity contribution in [3.8, 4) is 0 Å². The van der Waals surface area contributed by atoms with Crippen molar-refractivity contribution < 1.29 is 18.0 Å². The summed E-state index contributed by atoms with van der Waals surface area (Å²) in [5.41, 5.74) is 0.643. The van der Waals surface area contributed by atoms with Gasteiger partial charge in [-0.25, -0.2) is 9.97 Å². The lowest BCUT2D eigenvalue weighted by Gasteiger charge is -2.14. The number of hydrogen-bond donors (Lipinski definition) is 1. The first-order chi connectivity index (χ1) is 10.4. The highest BCUT2D eigenvalue weighted by molar-refractivity contribution is 5.97. The number of aromatic nitrogens is 2. The molecule has 0 aliphatic heterocycles. The SMILES string of the molecule is O=C1CCCc2nc(Nc3cccc(C(F)(F)F)c3)ncc21. The van der Waals surface area contributed by atoms with Gasteiger partial charge in [0.25, 0.3) is 0 Å². The summed E-state index contributed by atoms with van der Waals surface area (Å²) in [5, 5.41) is 2.75. The minimum absolute atomic E-state index is 0.00636. The van der Waals surface area contributed by atoms with E-state index in [0.717, 1.165) is 18.6 Å². The van der Waals surface area contributed by atoms with E-state index in [-0.39, 0.29) is 17.4 Å². The van der Waals surface area contributed by atoms with Gasteiger partial charge in [-0.3, -0.25) is 4.79 Å². The Kier molecular flexibility index (Phi) is 3.56. The van der Waals surface area contributed by atoms with Crippen LogP contribution in [0.5, 0.6) is 0 Å². The first-order valence-corrected chi connectivity index (χ1v) is 6.77. The van der Waals surface area contributed by atoms with E-state index in [0.29, 0.717) is 24.1 Å². The number of fused-ring (bicyclic) bond motifs is 1. The van der Waals surface area contributed by atoms with E-state index >= 15 is 0 Å². The molecule has 4 nitrogen and oxygen atoms in total. The molecule has 0 saturated heterocycles. The maximum Gasteiger partial charge on any atom is 0.416 e. The molecule has 0 saturated carbocycles. The molecule has 1 N–H and O–H groups in total. The summed E-state index contributed by atoms with van der Waals surface area (Å²) < 4.78 is 38.0. The van der Waals surface area contributed by atoms with Gasteiger partial charge in [0, 0.05) is 18.3 Å². The Morgan fingerprint density at radius 1 is 1.18 bits per heavy atom. The molecule has 1 aromatic carbocycles. The molecule has 2 aromatic rings. The number of rotatable bonds is 2. The summed E-state index contributed by atoms with van der Waals surface area (Å²) in [6.45, 7) is 0. The van der Waals surface area contributed by atoms with Crippen LogP contribution < -0.4 is 5.32 Å². The molecule has 7 heteroatoms. The fraction of sp³-hybridized carbons (Fsp3) is 0.267. The fourth-order valence-electron chi connectivity index (χ4n) is 2.35. The summed E-state index contributed by atoms with van der Waals surface area (Å²) in [6.07, 6.45) is -1.09. The standard InChI is InChI=1S/C15H12F3N3O/c16-15(17,18)9-3-1-4-10(7-9)20-14-19-8-11-12(21-14)5-2-6-13(11)22/h1,3-4,7-8H,2,5-6H2,(H,19,20,21). The van der Waals surface area contributed by atoms with E-state index in [4.69, 9.17) is 0 Å². The van der Waals surface area contributed by atoms with Crippen molar-refractivity contribution in [3.63, 3.8) is 0 Å².